The van der Waals surface area contributed by atoms with Crippen molar-refractivity contribution in [1.29, 1.82) is 0 Å². The Balaban J connectivity index is 2.31. The molecule has 0 atom stereocenters. The van der Waals surface area contributed by atoms with Crippen LogP contribution in [0.4, 0.5) is 0 Å². The third-order valence-corrected chi connectivity index (χ3v) is 1.89. The first-order valence-electron chi connectivity index (χ1n) is 4.77. The Morgan fingerprint density at radius 1 is 1.36 bits per heavy atom. The third-order valence-electron chi connectivity index (χ3n) is 1.89. The number of rotatable bonds is 4. The largest absolute Gasteiger partial charge is 0.333 e. The van der Waals surface area contributed by atoms with Crippen molar-refractivity contribution in [2.75, 3.05) is 0 Å². The Morgan fingerprint density at radius 3 is 2.71 bits per heavy atom. The first-order chi connectivity index (χ1) is 6.83. The highest BCUT2D eigenvalue weighted by molar-refractivity contribution is 5.77. The van der Waals surface area contributed by atoms with Crippen LogP contribution in [0.2, 0.25) is 0 Å². The van der Waals surface area contributed by atoms with Gasteiger partial charge < -0.3 is 5.32 Å². The Kier molecular flexibility index (Phi) is 4.48. The van der Waals surface area contributed by atoms with Gasteiger partial charge in [0.1, 0.15) is 0 Å². The quantitative estimate of drug-likeness (QED) is 0.773. The maximum atomic E-state index is 11.2. The topological polar surface area (TPSA) is 29.1 Å². The number of nitrogens with one attached hydrogen (secondary N) is 1. The van der Waals surface area contributed by atoms with Crippen molar-refractivity contribution in [3.8, 4) is 0 Å². The molecule has 1 rings (SSSR count). The Hall–Kier alpha value is -1.57. The first-order valence-corrected chi connectivity index (χ1v) is 4.77. The van der Waals surface area contributed by atoms with Crippen LogP contribution in [0.15, 0.2) is 42.6 Å². The SMILES string of the molecule is C/C=C\NC(=O)CCc1ccccc1. The molecule has 0 heterocycles. The second-order valence-corrected chi connectivity index (χ2v) is 3.05. The number of carbonyl (C=O) groups is 1. The Labute approximate surface area is 84.6 Å². The van der Waals surface area contributed by atoms with Crippen molar-refractivity contribution in [2.24, 2.45) is 0 Å². The summed E-state index contributed by atoms with van der Waals surface area (Å²) in [7, 11) is 0. The maximum absolute atomic E-state index is 11.2. The normalized spacial score (nSPS) is 10.4. The van der Waals surface area contributed by atoms with E-state index in [9.17, 15) is 4.79 Å². The van der Waals surface area contributed by atoms with Gasteiger partial charge in [0, 0.05) is 6.42 Å². The van der Waals surface area contributed by atoms with E-state index >= 15 is 0 Å². The van der Waals surface area contributed by atoms with Crippen LogP contribution in [0, 0.1) is 0 Å². The smallest absolute Gasteiger partial charge is 0.224 e. The summed E-state index contributed by atoms with van der Waals surface area (Å²) >= 11 is 0. The summed E-state index contributed by atoms with van der Waals surface area (Å²) in [6, 6.07) is 10.0. The minimum atomic E-state index is 0.0620. The second kappa shape index (κ2) is 5.97. The standard InChI is InChI=1S/C12H15NO/c1-2-10-13-12(14)9-8-11-6-4-3-5-7-11/h2-7,10H,8-9H2,1H3,(H,13,14)/b10-2-. The van der Waals surface area contributed by atoms with Crippen LogP contribution in [0.25, 0.3) is 0 Å². The molecule has 0 spiro atoms. The molecule has 74 valence electrons. The van der Waals surface area contributed by atoms with Gasteiger partial charge in [-0.15, -0.1) is 0 Å². The molecular weight excluding hydrogens is 174 g/mol. The average molecular weight is 189 g/mol. The number of allylic oxidation sites excluding steroid dienone is 1. The fraction of sp³-hybridized carbons (Fsp3) is 0.250. The summed E-state index contributed by atoms with van der Waals surface area (Å²) in [5.74, 6) is 0.0620. The zero-order chi connectivity index (χ0) is 10.2. The van der Waals surface area contributed by atoms with Gasteiger partial charge in [0.15, 0.2) is 0 Å². The number of aryl methyl sites for hydroxylation is 1. The zero-order valence-corrected chi connectivity index (χ0v) is 8.36. The van der Waals surface area contributed by atoms with Crippen molar-refractivity contribution in [3.05, 3.63) is 48.2 Å². The molecule has 0 aliphatic heterocycles. The predicted molar refractivity (Wildman–Crippen MR) is 57.7 cm³/mol. The van der Waals surface area contributed by atoms with E-state index in [1.807, 2.05) is 37.3 Å². The predicted octanol–water partition coefficient (Wildman–Crippen LogP) is 2.27. The molecule has 0 aliphatic rings. The molecular formula is C12H15NO. The van der Waals surface area contributed by atoms with E-state index in [-0.39, 0.29) is 5.91 Å². The maximum Gasteiger partial charge on any atom is 0.224 e. The number of carbonyl (C=O) groups excluding carboxylic acids is 1. The zero-order valence-electron chi connectivity index (χ0n) is 8.36. The van der Waals surface area contributed by atoms with Crippen molar-refractivity contribution >= 4 is 5.91 Å². The van der Waals surface area contributed by atoms with Gasteiger partial charge in [-0.1, -0.05) is 36.4 Å². The van der Waals surface area contributed by atoms with Gasteiger partial charge in [-0.05, 0) is 25.1 Å². The number of hydrogen-bond donors (Lipinski definition) is 1. The molecule has 14 heavy (non-hydrogen) atoms. The fourth-order valence-corrected chi connectivity index (χ4v) is 1.15. The van der Waals surface area contributed by atoms with Gasteiger partial charge in [-0.2, -0.15) is 0 Å². The van der Waals surface area contributed by atoms with Gasteiger partial charge in [0.25, 0.3) is 0 Å². The monoisotopic (exact) mass is 189 g/mol. The van der Waals surface area contributed by atoms with Gasteiger partial charge in [0.2, 0.25) is 5.91 Å². The van der Waals surface area contributed by atoms with Crippen LogP contribution in [-0.4, -0.2) is 5.91 Å². The molecule has 1 amide bonds. The highest BCUT2D eigenvalue weighted by atomic mass is 16.1. The third kappa shape index (κ3) is 3.90. The first kappa shape index (κ1) is 10.5. The molecule has 0 saturated carbocycles. The van der Waals surface area contributed by atoms with Gasteiger partial charge in [0.05, 0.1) is 0 Å². The number of benzene rings is 1. The molecule has 1 aromatic rings. The summed E-state index contributed by atoms with van der Waals surface area (Å²) < 4.78 is 0. The number of amides is 1. The van der Waals surface area contributed by atoms with Gasteiger partial charge in [-0.25, -0.2) is 0 Å². The van der Waals surface area contributed by atoms with E-state index < -0.39 is 0 Å². The minimum Gasteiger partial charge on any atom is -0.333 e. The molecule has 2 nitrogen and oxygen atoms in total. The summed E-state index contributed by atoms with van der Waals surface area (Å²) in [6.45, 7) is 1.87. The fourth-order valence-electron chi connectivity index (χ4n) is 1.15. The second-order valence-electron chi connectivity index (χ2n) is 3.05. The minimum absolute atomic E-state index is 0.0620. The van der Waals surface area contributed by atoms with E-state index in [1.165, 1.54) is 5.56 Å². The molecule has 0 aromatic heterocycles. The molecule has 2 heteroatoms. The van der Waals surface area contributed by atoms with Gasteiger partial charge in [-0.3, -0.25) is 4.79 Å². The van der Waals surface area contributed by atoms with E-state index in [1.54, 1.807) is 12.3 Å². The Bertz CT molecular complexity index is 303. The lowest BCUT2D eigenvalue weighted by molar-refractivity contribution is -0.120. The van der Waals surface area contributed by atoms with E-state index in [0.29, 0.717) is 6.42 Å². The molecule has 0 saturated heterocycles. The van der Waals surface area contributed by atoms with Crippen molar-refractivity contribution in [3.63, 3.8) is 0 Å². The lowest BCUT2D eigenvalue weighted by Gasteiger charge is -2.00. The lowest BCUT2D eigenvalue weighted by atomic mass is 10.1. The highest BCUT2D eigenvalue weighted by Gasteiger charge is 1.98. The van der Waals surface area contributed by atoms with Gasteiger partial charge >= 0.3 is 0 Å². The van der Waals surface area contributed by atoms with Crippen molar-refractivity contribution in [2.45, 2.75) is 19.8 Å². The molecule has 0 bridgehead atoms. The van der Waals surface area contributed by atoms with Crippen LogP contribution in [-0.2, 0) is 11.2 Å². The van der Waals surface area contributed by atoms with Crippen LogP contribution >= 0.6 is 0 Å². The van der Waals surface area contributed by atoms with E-state index in [0.717, 1.165) is 6.42 Å². The molecule has 0 unspecified atom stereocenters. The molecule has 0 aliphatic carbocycles. The average Bonchev–Trinajstić information content (AvgIpc) is 2.25. The Morgan fingerprint density at radius 2 is 2.07 bits per heavy atom. The van der Waals surface area contributed by atoms with Crippen LogP contribution in [0.3, 0.4) is 0 Å². The van der Waals surface area contributed by atoms with Crippen molar-refractivity contribution in [1.82, 2.24) is 5.32 Å². The van der Waals surface area contributed by atoms with Crippen molar-refractivity contribution < 1.29 is 4.79 Å². The van der Waals surface area contributed by atoms with E-state index in [4.69, 9.17) is 0 Å². The summed E-state index contributed by atoms with van der Waals surface area (Å²) in [5, 5.41) is 2.68. The summed E-state index contributed by atoms with van der Waals surface area (Å²) in [5.41, 5.74) is 1.20. The molecule has 1 N–H and O–H groups in total. The summed E-state index contributed by atoms with van der Waals surface area (Å²) in [6.07, 6.45) is 4.80. The van der Waals surface area contributed by atoms with Crippen LogP contribution in [0.1, 0.15) is 18.9 Å². The van der Waals surface area contributed by atoms with Crippen LogP contribution in [0.5, 0.6) is 0 Å². The lowest BCUT2D eigenvalue weighted by Crippen LogP contribution is -2.17. The number of hydrogen-bond acceptors (Lipinski definition) is 1. The molecule has 0 fully saturated rings. The van der Waals surface area contributed by atoms with Crippen LogP contribution < -0.4 is 5.32 Å². The highest BCUT2D eigenvalue weighted by Crippen LogP contribution is 2.01. The molecule has 1 aromatic carbocycles. The summed E-state index contributed by atoms with van der Waals surface area (Å²) in [4.78, 5) is 11.2. The van der Waals surface area contributed by atoms with E-state index in [2.05, 4.69) is 5.32 Å². The molecule has 0 radical (unpaired) electrons.